The number of alkyl halides is 8. The molecule has 1 nitrogen and oxygen atoms in total. The molecule has 22 heavy (non-hydrogen) atoms. The quantitative estimate of drug-likeness (QED) is 0.535. The van der Waals surface area contributed by atoms with E-state index in [-0.39, 0.29) is 0 Å². The van der Waals surface area contributed by atoms with Crippen LogP contribution in [0.1, 0.15) is 25.7 Å². The second-order valence-electron chi connectivity index (χ2n) is 5.88. The van der Waals surface area contributed by atoms with Gasteiger partial charge in [0.2, 0.25) is 0 Å². The summed E-state index contributed by atoms with van der Waals surface area (Å²) in [4.78, 5) is 0. The van der Waals surface area contributed by atoms with Gasteiger partial charge in [0, 0.05) is 18.2 Å². The lowest BCUT2D eigenvalue weighted by Gasteiger charge is -2.39. The maximum atomic E-state index is 14.0. The molecule has 2 saturated carbocycles. The van der Waals surface area contributed by atoms with Crippen LogP contribution in [0, 0.1) is 5.92 Å². The van der Waals surface area contributed by atoms with Gasteiger partial charge < -0.3 is 4.74 Å². The van der Waals surface area contributed by atoms with Crippen molar-refractivity contribution >= 4 is 11.6 Å². The highest BCUT2D eigenvalue weighted by atomic mass is 35.5. The lowest BCUT2D eigenvalue weighted by atomic mass is 9.84. The highest BCUT2D eigenvalue weighted by molar-refractivity contribution is 6.20. The summed E-state index contributed by atoms with van der Waals surface area (Å²) < 4.78 is 99.1. The molecule has 0 aromatic carbocycles. The monoisotopic (exact) mass is 356 g/mol. The van der Waals surface area contributed by atoms with Gasteiger partial charge in [-0.15, -0.1) is 11.6 Å². The van der Waals surface area contributed by atoms with Gasteiger partial charge in [-0.3, -0.25) is 0 Å². The summed E-state index contributed by atoms with van der Waals surface area (Å²) in [5.41, 5.74) is 0. The van der Waals surface area contributed by atoms with Crippen molar-refractivity contribution in [3.63, 3.8) is 0 Å². The first-order valence-electron chi connectivity index (χ1n) is 7.02. The summed E-state index contributed by atoms with van der Waals surface area (Å²) in [6.45, 7) is 0. The van der Waals surface area contributed by atoms with Crippen LogP contribution in [0.3, 0.4) is 0 Å². The molecule has 2 fully saturated rings. The van der Waals surface area contributed by atoms with E-state index in [1.165, 1.54) is 0 Å². The van der Waals surface area contributed by atoms with E-state index in [2.05, 4.69) is 4.74 Å². The van der Waals surface area contributed by atoms with Crippen molar-refractivity contribution in [1.29, 1.82) is 0 Å². The van der Waals surface area contributed by atoms with Crippen LogP contribution in [-0.4, -0.2) is 48.4 Å². The van der Waals surface area contributed by atoms with Crippen molar-refractivity contribution in [1.82, 2.24) is 0 Å². The molecule has 0 N–H and O–H groups in total. The van der Waals surface area contributed by atoms with Gasteiger partial charge in [0.05, 0.1) is 6.10 Å². The third-order valence-electron chi connectivity index (χ3n) is 4.12. The molecule has 9 heteroatoms. The Morgan fingerprint density at radius 3 is 1.68 bits per heavy atom. The minimum absolute atomic E-state index is 0.458. The molecule has 2 aliphatic rings. The largest absolute Gasteiger partial charge is 0.364 e. The maximum Gasteiger partial charge on any atom is 0.364 e. The zero-order valence-corrected chi connectivity index (χ0v) is 12.1. The number of hydrogen-bond donors (Lipinski definition) is 0. The van der Waals surface area contributed by atoms with Crippen LogP contribution in [0.15, 0.2) is 0 Å². The smallest absolute Gasteiger partial charge is 0.317 e. The van der Waals surface area contributed by atoms with Crippen LogP contribution in [0.25, 0.3) is 0 Å². The number of ether oxygens (including phenoxy) is 1. The zero-order valence-electron chi connectivity index (χ0n) is 11.4. The highest BCUT2D eigenvalue weighted by Gasteiger charge is 2.56. The molecule has 0 bridgehead atoms. The van der Waals surface area contributed by atoms with Crippen LogP contribution >= 0.6 is 11.6 Å². The summed E-state index contributed by atoms with van der Waals surface area (Å²) in [5, 5.41) is -0.899. The van der Waals surface area contributed by atoms with E-state index >= 15 is 0 Å². The van der Waals surface area contributed by atoms with Gasteiger partial charge >= 0.3 is 6.11 Å². The minimum atomic E-state index is -4.25. The molecule has 0 radical (unpaired) electrons. The second kappa shape index (κ2) is 6.71. The van der Waals surface area contributed by atoms with E-state index in [0.717, 1.165) is 0 Å². The van der Waals surface area contributed by atoms with Crippen molar-refractivity contribution in [2.24, 2.45) is 5.92 Å². The van der Waals surface area contributed by atoms with E-state index in [1.54, 1.807) is 0 Å². The molecule has 2 aliphatic carbocycles. The average Bonchev–Trinajstić information content (AvgIpc) is 2.33. The highest BCUT2D eigenvalue weighted by Crippen LogP contribution is 2.44. The summed E-state index contributed by atoms with van der Waals surface area (Å²) >= 11 is 5.56. The summed E-state index contributed by atoms with van der Waals surface area (Å²) in [6, 6.07) is 0. The van der Waals surface area contributed by atoms with Crippen molar-refractivity contribution in [3.8, 4) is 0 Å². The molecule has 130 valence electrons. The first-order valence-corrected chi connectivity index (χ1v) is 7.45. The van der Waals surface area contributed by atoms with Crippen LogP contribution in [-0.2, 0) is 4.74 Å². The van der Waals surface area contributed by atoms with Crippen molar-refractivity contribution < 1.29 is 35.5 Å². The Morgan fingerprint density at radius 1 is 0.773 bits per heavy atom. The lowest BCUT2D eigenvalue weighted by Crippen LogP contribution is -2.51. The fourth-order valence-electron chi connectivity index (χ4n) is 3.01. The van der Waals surface area contributed by atoms with Gasteiger partial charge in [-0.25, -0.2) is 22.0 Å². The van der Waals surface area contributed by atoms with Gasteiger partial charge in [-0.2, -0.15) is 8.78 Å². The van der Waals surface area contributed by atoms with Gasteiger partial charge in [-0.1, -0.05) is 0 Å². The fraction of sp³-hybridized carbons (Fsp3) is 1.00. The molecule has 0 heterocycles. The topological polar surface area (TPSA) is 9.23 Å². The van der Waals surface area contributed by atoms with E-state index in [0.29, 0.717) is 0 Å². The molecule has 0 saturated heterocycles. The fourth-order valence-corrected chi connectivity index (χ4v) is 3.35. The van der Waals surface area contributed by atoms with E-state index in [1.807, 2.05) is 0 Å². The standard InChI is InChI=1S/C13H16ClF7O/c14-5-1-7(15)11(8(16)2-5)13(20,21)22-6-3-9(17)12(19)10(18)4-6/h5-12H,1-4H2. The van der Waals surface area contributed by atoms with Gasteiger partial charge in [-0.05, 0) is 12.8 Å². The summed E-state index contributed by atoms with van der Waals surface area (Å²) in [7, 11) is 0. The third-order valence-corrected chi connectivity index (χ3v) is 4.48. The molecule has 4 unspecified atom stereocenters. The first kappa shape index (κ1) is 18.1. The number of rotatable bonds is 3. The Labute approximate surface area is 128 Å². The predicted octanol–water partition coefficient (Wildman–Crippen LogP) is 4.47. The van der Waals surface area contributed by atoms with Crippen LogP contribution < -0.4 is 0 Å². The molecule has 0 amide bonds. The lowest BCUT2D eigenvalue weighted by molar-refractivity contribution is -0.321. The first-order chi connectivity index (χ1) is 10.1. The van der Waals surface area contributed by atoms with Gasteiger partial charge in [0.25, 0.3) is 0 Å². The van der Waals surface area contributed by atoms with Crippen molar-refractivity contribution in [2.75, 3.05) is 0 Å². The molecule has 2 rings (SSSR count). The molecular formula is C13H16ClF7O. The molecule has 4 atom stereocenters. The van der Waals surface area contributed by atoms with E-state index < -0.39 is 80.0 Å². The SMILES string of the molecule is FC1CC(OC(F)(F)C2C(F)CC(Cl)CC2F)CC(F)C1F. The molecule has 0 aliphatic heterocycles. The Morgan fingerprint density at radius 2 is 1.23 bits per heavy atom. The van der Waals surface area contributed by atoms with Gasteiger partial charge in [0.1, 0.15) is 30.6 Å². The predicted molar refractivity (Wildman–Crippen MR) is 65.9 cm³/mol. The van der Waals surface area contributed by atoms with Crippen molar-refractivity contribution in [2.45, 2.75) is 74.1 Å². The summed E-state index contributed by atoms with van der Waals surface area (Å²) in [5.74, 6) is -2.39. The number of halogens is 8. The Balaban J connectivity index is 2.04. The number of hydrogen-bond acceptors (Lipinski definition) is 1. The van der Waals surface area contributed by atoms with Crippen LogP contribution in [0.5, 0.6) is 0 Å². The van der Waals surface area contributed by atoms with Gasteiger partial charge in [0.15, 0.2) is 6.17 Å². The molecular weight excluding hydrogens is 341 g/mol. The van der Waals surface area contributed by atoms with E-state index in [9.17, 15) is 30.7 Å². The average molecular weight is 357 g/mol. The Hall–Kier alpha value is -0.240. The second-order valence-corrected chi connectivity index (χ2v) is 6.49. The zero-order chi connectivity index (χ0) is 16.7. The van der Waals surface area contributed by atoms with Crippen LogP contribution in [0.2, 0.25) is 0 Å². The molecule has 0 aromatic heterocycles. The van der Waals surface area contributed by atoms with E-state index in [4.69, 9.17) is 11.6 Å². The summed E-state index contributed by atoms with van der Waals surface area (Å²) in [6.07, 6.45) is -19.8. The molecule has 0 spiro atoms. The maximum absolute atomic E-state index is 14.0. The molecule has 0 aromatic rings. The Bertz CT molecular complexity index is 361. The van der Waals surface area contributed by atoms with Crippen molar-refractivity contribution in [3.05, 3.63) is 0 Å². The normalized spacial score (nSPS) is 47.5. The van der Waals surface area contributed by atoms with Crippen LogP contribution in [0.4, 0.5) is 30.7 Å². The third kappa shape index (κ3) is 3.80. The minimum Gasteiger partial charge on any atom is -0.317 e. The Kier molecular flexibility index (Phi) is 5.52.